The van der Waals surface area contributed by atoms with Crippen LogP contribution < -0.4 is 9.80 Å². The fraction of sp³-hybridized carbons (Fsp3) is 0.357. The second-order valence-electron chi connectivity index (χ2n) is 10.7. The maximum Gasteiger partial charge on any atom is 0.238 e. The van der Waals surface area contributed by atoms with E-state index >= 15 is 0 Å². The van der Waals surface area contributed by atoms with E-state index in [1.165, 1.54) is 9.80 Å². The summed E-state index contributed by atoms with van der Waals surface area (Å²) in [5.41, 5.74) is 1.09. The van der Waals surface area contributed by atoms with Crippen molar-refractivity contribution in [2.24, 2.45) is 47.3 Å². The van der Waals surface area contributed by atoms with Crippen LogP contribution in [0.4, 0.5) is 11.4 Å². The number of amides is 4. The molecule has 34 heavy (non-hydrogen) atoms. The lowest BCUT2D eigenvalue weighted by Crippen LogP contribution is -2.34. The lowest BCUT2D eigenvalue weighted by molar-refractivity contribution is -0.124. The fourth-order valence-corrected chi connectivity index (χ4v) is 7.95. The molecule has 0 radical (unpaired) electrons. The van der Waals surface area contributed by atoms with Crippen molar-refractivity contribution in [1.82, 2.24) is 0 Å². The Balaban J connectivity index is 1.24. The third-order valence-corrected chi connectivity index (χ3v) is 9.30. The van der Waals surface area contributed by atoms with Gasteiger partial charge in [0.1, 0.15) is 0 Å². The average molecular weight is 450 g/mol. The first-order valence-corrected chi connectivity index (χ1v) is 12.2. The van der Waals surface area contributed by atoms with E-state index in [4.69, 9.17) is 0 Å². The predicted molar refractivity (Wildman–Crippen MR) is 124 cm³/mol. The summed E-state index contributed by atoms with van der Waals surface area (Å²) < 4.78 is 0. The number of hydrogen-bond acceptors (Lipinski definition) is 4. The quantitative estimate of drug-likeness (QED) is 0.519. The van der Waals surface area contributed by atoms with Crippen molar-refractivity contribution in [2.45, 2.75) is 12.8 Å². The Hall–Kier alpha value is -3.54. The highest BCUT2D eigenvalue weighted by atomic mass is 16.2. The summed E-state index contributed by atoms with van der Waals surface area (Å²) in [6.07, 6.45) is 10.1. The molecule has 8 atom stereocenters. The minimum Gasteiger partial charge on any atom is -0.274 e. The van der Waals surface area contributed by atoms with Crippen LogP contribution in [0, 0.1) is 47.3 Å². The van der Waals surface area contributed by atoms with Crippen LogP contribution in [0.25, 0.3) is 10.8 Å². The summed E-state index contributed by atoms with van der Waals surface area (Å²) in [5, 5.41) is 1.42. The van der Waals surface area contributed by atoms with Crippen LogP contribution in [0.1, 0.15) is 12.8 Å². The highest BCUT2D eigenvalue weighted by molar-refractivity contribution is 6.29. The van der Waals surface area contributed by atoms with Gasteiger partial charge in [-0.15, -0.1) is 0 Å². The molecule has 168 valence electrons. The van der Waals surface area contributed by atoms with Gasteiger partial charge in [0.15, 0.2) is 0 Å². The molecule has 6 aliphatic rings. The third-order valence-electron chi connectivity index (χ3n) is 9.30. The van der Waals surface area contributed by atoms with Gasteiger partial charge < -0.3 is 0 Å². The molecule has 2 saturated carbocycles. The molecule has 2 saturated heterocycles. The molecule has 2 aliphatic heterocycles. The summed E-state index contributed by atoms with van der Waals surface area (Å²) in [6.45, 7) is 0. The van der Waals surface area contributed by atoms with Gasteiger partial charge in [0.2, 0.25) is 23.6 Å². The lowest BCUT2D eigenvalue weighted by Gasteiger charge is -2.22. The van der Waals surface area contributed by atoms with Gasteiger partial charge in [-0.2, -0.15) is 0 Å². The highest BCUT2D eigenvalue weighted by Gasteiger charge is 2.61. The van der Waals surface area contributed by atoms with Gasteiger partial charge in [0.25, 0.3) is 0 Å². The second kappa shape index (κ2) is 6.12. The summed E-state index contributed by atoms with van der Waals surface area (Å²) in [4.78, 5) is 56.5. The van der Waals surface area contributed by atoms with Crippen LogP contribution in [0.15, 0.2) is 60.7 Å². The normalized spacial score (nSPS) is 38.8. The van der Waals surface area contributed by atoms with Gasteiger partial charge >= 0.3 is 0 Å². The van der Waals surface area contributed by atoms with Crippen LogP contribution in [0.3, 0.4) is 0 Å². The van der Waals surface area contributed by atoms with E-state index in [1.807, 2.05) is 12.1 Å². The molecule has 4 aliphatic carbocycles. The Morgan fingerprint density at radius 3 is 1.15 bits per heavy atom. The zero-order valence-corrected chi connectivity index (χ0v) is 18.3. The number of imide groups is 2. The zero-order valence-electron chi connectivity index (χ0n) is 18.3. The van der Waals surface area contributed by atoms with Crippen molar-refractivity contribution in [3.63, 3.8) is 0 Å². The number of allylic oxidation sites excluding steroid dienone is 4. The molecule has 2 aromatic carbocycles. The molecule has 8 rings (SSSR count). The number of hydrogen-bond donors (Lipinski definition) is 0. The van der Waals surface area contributed by atoms with Crippen molar-refractivity contribution in [3.05, 3.63) is 60.7 Å². The van der Waals surface area contributed by atoms with Gasteiger partial charge in [-0.1, -0.05) is 48.6 Å². The Labute approximate surface area is 195 Å². The minimum atomic E-state index is -0.273. The van der Waals surface area contributed by atoms with Crippen molar-refractivity contribution in [2.75, 3.05) is 9.80 Å². The van der Waals surface area contributed by atoms with Crippen LogP contribution in [0.2, 0.25) is 0 Å². The Kier molecular flexibility index (Phi) is 3.39. The predicted octanol–water partition coefficient (Wildman–Crippen LogP) is 3.46. The Morgan fingerprint density at radius 1 is 0.500 bits per heavy atom. The monoisotopic (exact) mass is 450 g/mol. The molecule has 2 aromatic rings. The molecular formula is C28H22N2O4. The summed E-state index contributed by atoms with van der Waals surface area (Å²) in [7, 11) is 0. The van der Waals surface area contributed by atoms with Gasteiger partial charge in [-0.25, -0.2) is 9.80 Å². The number of benzene rings is 2. The maximum absolute atomic E-state index is 13.4. The van der Waals surface area contributed by atoms with E-state index in [0.29, 0.717) is 22.1 Å². The average Bonchev–Trinajstić information content (AvgIpc) is 3.67. The molecule has 6 nitrogen and oxygen atoms in total. The van der Waals surface area contributed by atoms with Gasteiger partial charge in [-0.05, 0) is 48.6 Å². The first kappa shape index (κ1) is 18.8. The SMILES string of the molecule is O=C1[C@@H]2[C@H](C(=O)N1c1cccc3c(N4C(=O)[C@@H]5[C@H](C4=O)[C@H]4C=C[C@H]5C4)cccc13)[C@H]1C=C[C@H]2C1. The molecule has 6 heteroatoms. The molecule has 0 N–H and O–H groups in total. The van der Waals surface area contributed by atoms with E-state index in [2.05, 4.69) is 24.3 Å². The maximum atomic E-state index is 13.4. The highest BCUT2D eigenvalue weighted by Crippen LogP contribution is 2.55. The van der Waals surface area contributed by atoms with Crippen molar-refractivity contribution in [3.8, 4) is 0 Å². The van der Waals surface area contributed by atoms with Gasteiger partial charge in [0, 0.05) is 10.8 Å². The van der Waals surface area contributed by atoms with Crippen LogP contribution in [-0.4, -0.2) is 23.6 Å². The van der Waals surface area contributed by atoms with E-state index in [1.54, 1.807) is 24.3 Å². The number of fused-ring (bicyclic) bond motifs is 11. The number of rotatable bonds is 2. The largest absolute Gasteiger partial charge is 0.274 e. The smallest absolute Gasteiger partial charge is 0.238 e. The number of nitrogens with zero attached hydrogens (tertiary/aromatic N) is 2. The molecule has 4 amide bonds. The summed E-state index contributed by atoms with van der Waals surface area (Å²) in [5.74, 6) is -1.04. The lowest BCUT2D eigenvalue weighted by atomic mass is 9.85. The van der Waals surface area contributed by atoms with E-state index < -0.39 is 0 Å². The molecule has 2 heterocycles. The van der Waals surface area contributed by atoms with Crippen molar-refractivity contribution >= 4 is 45.8 Å². The fourth-order valence-electron chi connectivity index (χ4n) is 7.95. The third kappa shape index (κ3) is 2.04. The second-order valence-corrected chi connectivity index (χ2v) is 10.7. The molecule has 4 bridgehead atoms. The number of anilines is 2. The van der Waals surface area contributed by atoms with E-state index in [-0.39, 0.29) is 71.0 Å². The Bertz CT molecular complexity index is 1260. The first-order chi connectivity index (χ1) is 16.5. The Morgan fingerprint density at radius 2 is 0.824 bits per heavy atom. The van der Waals surface area contributed by atoms with Crippen LogP contribution in [0.5, 0.6) is 0 Å². The zero-order chi connectivity index (χ0) is 22.9. The van der Waals surface area contributed by atoms with Crippen molar-refractivity contribution < 1.29 is 19.2 Å². The molecule has 4 fully saturated rings. The topological polar surface area (TPSA) is 74.8 Å². The van der Waals surface area contributed by atoms with Gasteiger partial charge in [-0.3, -0.25) is 19.2 Å². The van der Waals surface area contributed by atoms with Crippen molar-refractivity contribution in [1.29, 1.82) is 0 Å². The summed E-state index contributed by atoms with van der Waals surface area (Å²) in [6, 6.07) is 10.9. The van der Waals surface area contributed by atoms with E-state index in [9.17, 15) is 19.2 Å². The van der Waals surface area contributed by atoms with Crippen LogP contribution >= 0.6 is 0 Å². The first-order valence-electron chi connectivity index (χ1n) is 12.2. The standard InChI is InChI=1S/C28H22N2O4/c31-25-21-13-7-8-14(11-13)22(21)26(32)29(25)19-5-1-3-17-18(19)4-2-6-20(17)30-27(33)23-15-9-10-16(12-15)24(23)28(30)34/h1-10,13-16,21-24H,11-12H2/t13-,14-,15-,16-,21-,22+,23-,24+/m0/s1. The number of carbonyl (C=O) groups excluding carboxylic acids is 4. The van der Waals surface area contributed by atoms with Gasteiger partial charge in [0.05, 0.1) is 35.0 Å². The molecule has 0 unspecified atom stereocenters. The number of carbonyl (C=O) groups is 4. The molecule has 0 aromatic heterocycles. The molecule has 0 spiro atoms. The minimum absolute atomic E-state index is 0.129. The summed E-state index contributed by atoms with van der Waals surface area (Å²) >= 11 is 0. The van der Waals surface area contributed by atoms with E-state index in [0.717, 1.165) is 12.8 Å². The van der Waals surface area contributed by atoms with Crippen LogP contribution in [-0.2, 0) is 19.2 Å². The molecular weight excluding hydrogens is 428 g/mol.